The Morgan fingerprint density at radius 1 is 1.05 bits per heavy atom. The largest absolute Gasteiger partial charge is 0.493 e. The molecule has 2 N–H and O–H groups in total. The number of benzene rings is 2. The highest BCUT2D eigenvalue weighted by Crippen LogP contribution is 2.35. The maximum absolute atomic E-state index is 5.63. The molecule has 0 radical (unpaired) electrons. The second kappa shape index (κ2) is 4.62. The van der Waals surface area contributed by atoms with E-state index >= 15 is 0 Å². The van der Waals surface area contributed by atoms with Crippen molar-refractivity contribution in [1.29, 1.82) is 0 Å². The molecule has 0 spiro atoms. The van der Waals surface area contributed by atoms with Crippen molar-refractivity contribution in [1.82, 2.24) is 10.3 Å². The molecule has 2 aliphatic heterocycles. The van der Waals surface area contributed by atoms with Crippen molar-refractivity contribution in [2.45, 2.75) is 18.9 Å². The molecule has 2 aliphatic rings. The summed E-state index contributed by atoms with van der Waals surface area (Å²) >= 11 is 0. The number of nitrogens with one attached hydrogen (secondary N) is 2. The lowest BCUT2D eigenvalue weighted by molar-refractivity contribution is 0.356. The van der Waals surface area contributed by atoms with E-state index in [0.29, 0.717) is 0 Å². The third-order valence-electron chi connectivity index (χ3n) is 4.91. The van der Waals surface area contributed by atoms with E-state index in [1.54, 1.807) is 0 Å². The summed E-state index contributed by atoms with van der Waals surface area (Å²) in [5.41, 5.74) is 6.70. The van der Waals surface area contributed by atoms with Crippen molar-refractivity contribution >= 4 is 10.9 Å². The van der Waals surface area contributed by atoms with Crippen molar-refractivity contribution in [2.75, 3.05) is 13.2 Å². The van der Waals surface area contributed by atoms with Crippen LogP contribution in [-0.2, 0) is 12.8 Å². The molecule has 1 aromatic heterocycles. The molecule has 0 bridgehead atoms. The lowest BCUT2D eigenvalue weighted by Crippen LogP contribution is -2.30. The van der Waals surface area contributed by atoms with E-state index in [0.717, 1.165) is 31.7 Å². The minimum absolute atomic E-state index is 0.252. The minimum Gasteiger partial charge on any atom is -0.493 e. The van der Waals surface area contributed by atoms with Gasteiger partial charge in [-0.15, -0.1) is 0 Å². The van der Waals surface area contributed by atoms with Crippen LogP contribution in [0.25, 0.3) is 10.9 Å². The molecule has 3 aromatic rings. The molecule has 1 atom stereocenters. The van der Waals surface area contributed by atoms with Gasteiger partial charge in [0.05, 0.1) is 12.6 Å². The third kappa shape index (κ3) is 1.72. The van der Waals surface area contributed by atoms with Crippen LogP contribution in [0.15, 0.2) is 42.5 Å². The predicted molar refractivity (Wildman–Crippen MR) is 87.5 cm³/mol. The number of fused-ring (bicyclic) bond motifs is 4. The maximum Gasteiger partial charge on any atom is 0.122 e. The fraction of sp³-hybridized carbons (Fsp3) is 0.263. The first-order valence-corrected chi connectivity index (χ1v) is 7.98. The summed E-state index contributed by atoms with van der Waals surface area (Å²) < 4.78 is 5.63. The van der Waals surface area contributed by atoms with Crippen LogP contribution in [-0.4, -0.2) is 18.1 Å². The van der Waals surface area contributed by atoms with Gasteiger partial charge in [-0.05, 0) is 35.2 Å². The smallest absolute Gasteiger partial charge is 0.122 e. The first kappa shape index (κ1) is 12.3. The first-order chi connectivity index (χ1) is 10.9. The van der Waals surface area contributed by atoms with Crippen LogP contribution in [0, 0.1) is 0 Å². The molecule has 3 heterocycles. The summed E-state index contributed by atoms with van der Waals surface area (Å²) in [7, 11) is 0. The number of aromatic amines is 1. The summed E-state index contributed by atoms with van der Waals surface area (Å²) in [6.45, 7) is 1.83. The van der Waals surface area contributed by atoms with Gasteiger partial charge in [0.25, 0.3) is 0 Å². The van der Waals surface area contributed by atoms with Crippen molar-refractivity contribution in [3.63, 3.8) is 0 Å². The number of rotatable bonds is 1. The zero-order valence-electron chi connectivity index (χ0n) is 12.4. The second-order valence-corrected chi connectivity index (χ2v) is 6.17. The Morgan fingerprint density at radius 3 is 3.00 bits per heavy atom. The van der Waals surface area contributed by atoms with Gasteiger partial charge in [0.2, 0.25) is 0 Å². The van der Waals surface area contributed by atoms with E-state index in [-0.39, 0.29) is 6.04 Å². The molecule has 110 valence electrons. The molecule has 0 saturated heterocycles. The topological polar surface area (TPSA) is 37.0 Å². The van der Waals surface area contributed by atoms with Gasteiger partial charge < -0.3 is 15.0 Å². The number of hydrogen-bond acceptors (Lipinski definition) is 2. The van der Waals surface area contributed by atoms with Crippen LogP contribution < -0.4 is 10.1 Å². The Labute approximate surface area is 129 Å². The van der Waals surface area contributed by atoms with Crippen LogP contribution in [0.4, 0.5) is 0 Å². The number of H-pyrrole nitrogens is 1. The van der Waals surface area contributed by atoms with E-state index in [9.17, 15) is 0 Å². The summed E-state index contributed by atoms with van der Waals surface area (Å²) in [6.07, 6.45) is 2.11. The summed E-state index contributed by atoms with van der Waals surface area (Å²) in [5.74, 6) is 1.05. The van der Waals surface area contributed by atoms with Crippen molar-refractivity contribution in [3.8, 4) is 5.75 Å². The molecular formula is C19H18N2O. The van der Waals surface area contributed by atoms with Crippen LogP contribution in [0.2, 0.25) is 0 Å². The molecule has 0 saturated carbocycles. The van der Waals surface area contributed by atoms with Crippen LogP contribution in [0.3, 0.4) is 0 Å². The molecule has 2 aromatic carbocycles. The summed E-state index contributed by atoms with van der Waals surface area (Å²) in [4.78, 5) is 3.64. The van der Waals surface area contributed by atoms with Gasteiger partial charge in [0.15, 0.2) is 0 Å². The van der Waals surface area contributed by atoms with Gasteiger partial charge in [-0.2, -0.15) is 0 Å². The number of aromatic nitrogens is 1. The maximum atomic E-state index is 5.63. The summed E-state index contributed by atoms with van der Waals surface area (Å²) in [6, 6.07) is 15.5. The van der Waals surface area contributed by atoms with Crippen LogP contribution >= 0.6 is 0 Å². The Hall–Kier alpha value is -2.26. The van der Waals surface area contributed by atoms with Gasteiger partial charge in [0, 0.05) is 29.6 Å². The number of hydrogen-bond donors (Lipinski definition) is 2. The lowest BCUT2D eigenvalue weighted by atomic mass is 9.93. The van der Waals surface area contributed by atoms with E-state index in [1.165, 1.54) is 33.3 Å². The molecule has 22 heavy (non-hydrogen) atoms. The van der Waals surface area contributed by atoms with E-state index in [2.05, 4.69) is 52.8 Å². The van der Waals surface area contributed by atoms with Crippen LogP contribution in [0.1, 0.15) is 28.4 Å². The number of para-hydroxylation sites is 1. The zero-order valence-corrected chi connectivity index (χ0v) is 12.4. The average molecular weight is 290 g/mol. The lowest BCUT2D eigenvalue weighted by Gasteiger charge is -2.25. The molecule has 0 aliphatic carbocycles. The summed E-state index contributed by atoms with van der Waals surface area (Å²) in [5, 5.41) is 5.04. The highest BCUT2D eigenvalue weighted by molar-refractivity contribution is 5.85. The van der Waals surface area contributed by atoms with E-state index < -0.39 is 0 Å². The Balaban J connectivity index is 1.65. The van der Waals surface area contributed by atoms with E-state index in [4.69, 9.17) is 4.74 Å². The van der Waals surface area contributed by atoms with Gasteiger partial charge in [-0.3, -0.25) is 0 Å². The highest BCUT2D eigenvalue weighted by Gasteiger charge is 2.26. The van der Waals surface area contributed by atoms with Gasteiger partial charge in [-0.1, -0.05) is 30.3 Å². The highest BCUT2D eigenvalue weighted by atomic mass is 16.5. The normalized spacial score (nSPS) is 19.7. The predicted octanol–water partition coefficient (Wildman–Crippen LogP) is 3.34. The Kier molecular flexibility index (Phi) is 2.58. The number of ether oxygens (including phenoxy) is 1. The Morgan fingerprint density at radius 2 is 2.00 bits per heavy atom. The fourth-order valence-electron chi connectivity index (χ4n) is 3.85. The standard InChI is InChI=1S/C19H18N2O/c1-2-4-16-14(3-1)15-7-9-20-18(19(15)21-16)13-5-6-17-12(11-13)8-10-22-17/h1-6,11,18,20-21H,7-10H2/t18-/m0/s1. The third-order valence-corrected chi connectivity index (χ3v) is 4.91. The SMILES string of the molecule is c1ccc2c3c([nH]c2c1)[C@H](c1ccc2c(c1)CCO2)NCC3. The second-order valence-electron chi connectivity index (χ2n) is 6.17. The van der Waals surface area contributed by atoms with Gasteiger partial charge in [-0.25, -0.2) is 0 Å². The zero-order chi connectivity index (χ0) is 14.5. The van der Waals surface area contributed by atoms with E-state index in [1.807, 2.05) is 0 Å². The van der Waals surface area contributed by atoms with Crippen molar-refractivity contribution in [3.05, 3.63) is 64.8 Å². The van der Waals surface area contributed by atoms with Gasteiger partial charge in [0.1, 0.15) is 5.75 Å². The average Bonchev–Trinajstić information content (AvgIpc) is 3.18. The quantitative estimate of drug-likeness (QED) is 0.721. The molecule has 0 unspecified atom stereocenters. The van der Waals surface area contributed by atoms with Crippen LogP contribution in [0.5, 0.6) is 5.75 Å². The molecule has 5 rings (SSSR count). The Bertz CT molecular complexity index is 865. The molecular weight excluding hydrogens is 272 g/mol. The monoisotopic (exact) mass is 290 g/mol. The first-order valence-electron chi connectivity index (χ1n) is 7.98. The fourth-order valence-corrected chi connectivity index (χ4v) is 3.85. The molecule has 3 nitrogen and oxygen atoms in total. The molecule has 3 heteroatoms. The molecule has 0 amide bonds. The van der Waals surface area contributed by atoms with Gasteiger partial charge >= 0.3 is 0 Å². The van der Waals surface area contributed by atoms with Crippen molar-refractivity contribution < 1.29 is 4.74 Å². The molecule has 0 fully saturated rings. The minimum atomic E-state index is 0.252. The van der Waals surface area contributed by atoms with Crippen molar-refractivity contribution in [2.24, 2.45) is 0 Å².